The number of ketones is 1. The number of esters is 1. The largest absolute Gasteiger partial charge is 0.462 e. The van der Waals surface area contributed by atoms with E-state index in [4.69, 9.17) is 4.74 Å². The molecule has 0 aliphatic heterocycles. The van der Waals surface area contributed by atoms with E-state index in [2.05, 4.69) is 27.4 Å². The van der Waals surface area contributed by atoms with Gasteiger partial charge in [-0.1, -0.05) is 40.7 Å². The van der Waals surface area contributed by atoms with E-state index in [9.17, 15) is 14.7 Å². The van der Waals surface area contributed by atoms with E-state index in [1.54, 1.807) is 6.92 Å². The van der Waals surface area contributed by atoms with E-state index >= 15 is 0 Å². The third kappa shape index (κ3) is 2.73. The molecule has 4 nitrogen and oxygen atoms in total. The minimum atomic E-state index is -0.607. The zero-order chi connectivity index (χ0) is 20.2. The van der Waals surface area contributed by atoms with Crippen LogP contribution in [0.15, 0.2) is 12.7 Å². The number of aliphatic hydroxyl groups is 1. The van der Waals surface area contributed by atoms with E-state index in [0.29, 0.717) is 25.0 Å². The summed E-state index contributed by atoms with van der Waals surface area (Å²) in [4.78, 5) is 25.5. The number of aliphatic hydroxyl groups excluding tert-OH is 1. The summed E-state index contributed by atoms with van der Waals surface area (Å²) in [5.41, 5.74) is -1.17. The fraction of sp³-hybridized carbons (Fsp3) is 0.826. The van der Waals surface area contributed by atoms with E-state index in [0.717, 1.165) is 19.3 Å². The Hall–Kier alpha value is -1.16. The SMILES string of the molecule is C=C[C@@]1(C)C[C@@H](OC(=O)CC)[C@@]2(C)C3C(=O)CC[C@]3(CC[C@H]2C)[C@@H](C)[C@@H]1O. The van der Waals surface area contributed by atoms with Crippen LogP contribution in [0.5, 0.6) is 0 Å². The van der Waals surface area contributed by atoms with Crippen LogP contribution in [-0.2, 0) is 14.3 Å². The Bertz CT molecular complexity index is 642. The molecular weight excluding hydrogens is 340 g/mol. The van der Waals surface area contributed by atoms with Crippen LogP contribution in [-0.4, -0.2) is 29.1 Å². The lowest BCUT2D eigenvalue weighted by Crippen LogP contribution is -2.63. The molecule has 1 N–H and O–H groups in total. The van der Waals surface area contributed by atoms with Crippen molar-refractivity contribution in [3.05, 3.63) is 12.7 Å². The van der Waals surface area contributed by atoms with Gasteiger partial charge >= 0.3 is 5.97 Å². The Labute approximate surface area is 163 Å². The van der Waals surface area contributed by atoms with Crippen molar-refractivity contribution in [2.24, 2.45) is 34.0 Å². The molecule has 27 heavy (non-hydrogen) atoms. The van der Waals surface area contributed by atoms with Gasteiger partial charge in [0.05, 0.1) is 6.10 Å². The molecule has 3 fully saturated rings. The molecule has 2 bridgehead atoms. The lowest BCUT2D eigenvalue weighted by Gasteiger charge is -2.61. The lowest BCUT2D eigenvalue weighted by atomic mass is 9.44. The van der Waals surface area contributed by atoms with Gasteiger partial charge in [0.25, 0.3) is 0 Å². The van der Waals surface area contributed by atoms with E-state index < -0.39 is 23.0 Å². The molecule has 0 saturated heterocycles. The first kappa shape index (κ1) is 20.6. The van der Waals surface area contributed by atoms with Gasteiger partial charge in [-0.2, -0.15) is 0 Å². The summed E-state index contributed by atoms with van der Waals surface area (Å²) in [5.74, 6) is 0.199. The van der Waals surface area contributed by atoms with Gasteiger partial charge in [-0.15, -0.1) is 6.58 Å². The number of carbonyl (C=O) groups is 2. The number of rotatable bonds is 3. The molecule has 3 rings (SSSR count). The van der Waals surface area contributed by atoms with Crippen LogP contribution in [0.25, 0.3) is 0 Å². The number of hydrogen-bond acceptors (Lipinski definition) is 4. The number of Topliss-reactive ketones (excluding diaryl/α,β-unsaturated/α-hetero) is 1. The standard InChI is InChI=1S/C23H36O4/c1-7-18(25)27-17-13-21(5,8-2)20(26)15(4)23-11-9-14(3)22(17,6)19(23)16(24)10-12-23/h8,14-15,17,19-20,26H,2,7,9-13H2,1,3-6H3/t14-,15+,17-,19?,20+,21+,22+,23-/m1/s1. The average molecular weight is 377 g/mol. The number of carbonyl (C=O) groups excluding carboxylic acids is 2. The van der Waals surface area contributed by atoms with Gasteiger partial charge in [-0.25, -0.2) is 0 Å². The summed E-state index contributed by atoms with van der Waals surface area (Å²) >= 11 is 0. The first-order valence-corrected chi connectivity index (χ1v) is 10.6. The summed E-state index contributed by atoms with van der Waals surface area (Å²) < 4.78 is 6.02. The molecule has 0 aromatic heterocycles. The quantitative estimate of drug-likeness (QED) is 0.589. The van der Waals surface area contributed by atoms with Gasteiger partial charge in [-0.05, 0) is 42.9 Å². The Morgan fingerprint density at radius 2 is 2.00 bits per heavy atom. The Morgan fingerprint density at radius 3 is 2.59 bits per heavy atom. The van der Waals surface area contributed by atoms with Crippen LogP contribution in [0.4, 0.5) is 0 Å². The predicted molar refractivity (Wildman–Crippen MR) is 105 cm³/mol. The van der Waals surface area contributed by atoms with Gasteiger partial charge in [0.2, 0.25) is 0 Å². The summed E-state index contributed by atoms with van der Waals surface area (Å²) in [6.45, 7) is 14.3. The highest BCUT2D eigenvalue weighted by Crippen LogP contribution is 2.67. The van der Waals surface area contributed by atoms with Crippen LogP contribution in [0.1, 0.15) is 73.1 Å². The molecule has 4 heteroatoms. The van der Waals surface area contributed by atoms with Crippen LogP contribution in [0, 0.1) is 34.0 Å². The molecule has 3 aliphatic carbocycles. The lowest BCUT2D eigenvalue weighted by molar-refractivity contribution is -0.206. The zero-order valence-corrected chi connectivity index (χ0v) is 17.6. The van der Waals surface area contributed by atoms with Gasteiger partial charge in [0.15, 0.2) is 0 Å². The normalized spacial score (nSPS) is 49.7. The minimum Gasteiger partial charge on any atom is -0.462 e. The van der Waals surface area contributed by atoms with Crippen molar-refractivity contribution in [2.45, 2.75) is 85.4 Å². The molecule has 3 aliphatic rings. The summed E-state index contributed by atoms with van der Waals surface area (Å²) in [5, 5.41) is 11.4. The fourth-order valence-electron chi connectivity index (χ4n) is 6.74. The maximum atomic E-state index is 13.2. The molecule has 8 atom stereocenters. The third-order valence-electron chi connectivity index (χ3n) is 8.86. The Kier molecular flexibility index (Phi) is 5.12. The van der Waals surface area contributed by atoms with Crippen molar-refractivity contribution in [3.8, 4) is 0 Å². The number of ether oxygens (including phenoxy) is 1. The van der Waals surface area contributed by atoms with Crippen LogP contribution in [0.3, 0.4) is 0 Å². The topological polar surface area (TPSA) is 63.6 Å². The second-order valence-electron chi connectivity index (χ2n) is 9.92. The van der Waals surface area contributed by atoms with Crippen molar-refractivity contribution in [1.82, 2.24) is 0 Å². The maximum Gasteiger partial charge on any atom is 0.305 e. The summed E-state index contributed by atoms with van der Waals surface area (Å²) in [6, 6.07) is 0. The Morgan fingerprint density at radius 1 is 1.33 bits per heavy atom. The van der Waals surface area contributed by atoms with E-state index in [1.807, 2.05) is 13.0 Å². The molecular formula is C23H36O4. The van der Waals surface area contributed by atoms with E-state index in [-0.39, 0.29) is 29.1 Å². The molecule has 152 valence electrons. The highest BCUT2D eigenvalue weighted by atomic mass is 16.5. The molecule has 0 aromatic rings. The maximum absolute atomic E-state index is 13.2. The highest BCUT2D eigenvalue weighted by Gasteiger charge is 2.68. The summed E-state index contributed by atoms with van der Waals surface area (Å²) in [7, 11) is 0. The van der Waals surface area contributed by atoms with E-state index in [1.165, 1.54) is 0 Å². The van der Waals surface area contributed by atoms with Crippen LogP contribution >= 0.6 is 0 Å². The van der Waals surface area contributed by atoms with Gasteiger partial charge < -0.3 is 9.84 Å². The van der Waals surface area contributed by atoms with Gasteiger partial charge in [0, 0.05) is 29.6 Å². The fourth-order valence-corrected chi connectivity index (χ4v) is 6.74. The highest BCUT2D eigenvalue weighted by molar-refractivity contribution is 5.85. The molecule has 3 saturated carbocycles. The monoisotopic (exact) mass is 376 g/mol. The molecule has 0 heterocycles. The molecule has 1 unspecified atom stereocenters. The second-order valence-corrected chi connectivity index (χ2v) is 9.92. The summed E-state index contributed by atoms with van der Waals surface area (Å²) in [6.07, 6.45) is 5.02. The molecule has 0 radical (unpaired) electrons. The van der Waals surface area contributed by atoms with Gasteiger partial charge in [-0.3, -0.25) is 9.59 Å². The Balaban J connectivity index is 2.21. The van der Waals surface area contributed by atoms with Crippen molar-refractivity contribution >= 4 is 11.8 Å². The zero-order valence-electron chi connectivity index (χ0n) is 17.6. The van der Waals surface area contributed by atoms with Crippen LogP contribution in [0.2, 0.25) is 0 Å². The van der Waals surface area contributed by atoms with Gasteiger partial charge in [0.1, 0.15) is 11.9 Å². The second kappa shape index (κ2) is 6.72. The van der Waals surface area contributed by atoms with Crippen molar-refractivity contribution < 1.29 is 19.4 Å². The molecule has 0 aromatic carbocycles. The smallest absolute Gasteiger partial charge is 0.305 e. The third-order valence-corrected chi connectivity index (χ3v) is 8.86. The number of hydrogen-bond donors (Lipinski definition) is 1. The van der Waals surface area contributed by atoms with Crippen molar-refractivity contribution in [3.63, 3.8) is 0 Å². The van der Waals surface area contributed by atoms with Crippen LogP contribution < -0.4 is 0 Å². The first-order chi connectivity index (χ1) is 12.6. The van der Waals surface area contributed by atoms with Crippen molar-refractivity contribution in [2.75, 3.05) is 0 Å². The first-order valence-electron chi connectivity index (χ1n) is 10.6. The minimum absolute atomic E-state index is 0.00611. The molecule has 0 amide bonds. The average Bonchev–Trinajstić information content (AvgIpc) is 3.00. The molecule has 0 spiro atoms. The van der Waals surface area contributed by atoms with Crippen molar-refractivity contribution in [1.29, 1.82) is 0 Å². The predicted octanol–water partition coefficient (Wildman–Crippen LogP) is 4.30.